The molecule has 3 aromatic rings. The Balaban J connectivity index is 1.46. The van der Waals surface area contributed by atoms with Gasteiger partial charge in [0.05, 0.1) is 30.5 Å². The van der Waals surface area contributed by atoms with Crippen molar-refractivity contribution in [3.8, 4) is 22.5 Å². The van der Waals surface area contributed by atoms with Crippen molar-refractivity contribution < 1.29 is 9.53 Å². The van der Waals surface area contributed by atoms with Gasteiger partial charge in [0.1, 0.15) is 0 Å². The Bertz CT molecular complexity index is 1150. The monoisotopic (exact) mass is 509 g/mol. The van der Waals surface area contributed by atoms with E-state index in [1.807, 2.05) is 17.0 Å². The molecule has 6 heteroatoms. The number of benzene rings is 2. The molecule has 4 heterocycles. The molecule has 2 atom stereocenters. The van der Waals surface area contributed by atoms with Gasteiger partial charge in [-0.05, 0) is 49.9 Å². The summed E-state index contributed by atoms with van der Waals surface area (Å²) in [5, 5.41) is 4.63. The lowest BCUT2D eigenvalue weighted by Crippen LogP contribution is -2.53. The Morgan fingerprint density at radius 2 is 1.39 bits per heavy atom. The van der Waals surface area contributed by atoms with E-state index in [0.29, 0.717) is 32.3 Å². The number of hydrogen-bond acceptors (Lipinski definition) is 4. The minimum atomic E-state index is -0.0737. The van der Waals surface area contributed by atoms with E-state index in [-0.39, 0.29) is 17.9 Å². The summed E-state index contributed by atoms with van der Waals surface area (Å²) in [6, 6.07) is 25.8. The summed E-state index contributed by atoms with van der Waals surface area (Å²) in [6.45, 7) is 5.47. The normalized spacial score (nSPS) is 23.3. The number of pyridine rings is 1. The second-order valence-corrected chi connectivity index (χ2v) is 10.7. The standard InChI is InChI=1S/C32H37N4O2/c37-32(35-18-20-38-21-19-35)28-12-7-17-36(27-13-15-33-16-14-27)31(28)26-22-29(24-8-3-1-4-9-24)34-30(23-26)25-10-5-2-6-11-25/h1-6,8-11,22-23,27-28,31H,7,12-21H2/t28-,31?/m1/s1. The van der Waals surface area contributed by atoms with Crippen LogP contribution in [0, 0.1) is 5.92 Å². The predicted octanol–water partition coefficient (Wildman–Crippen LogP) is 4.79. The van der Waals surface area contributed by atoms with E-state index in [4.69, 9.17) is 9.72 Å². The number of ether oxygens (including phenoxy) is 1. The molecule has 1 amide bonds. The summed E-state index contributed by atoms with van der Waals surface area (Å²) in [6.07, 6.45) is 4.10. The molecule has 0 bridgehead atoms. The van der Waals surface area contributed by atoms with E-state index in [2.05, 4.69) is 70.9 Å². The Kier molecular flexibility index (Phi) is 7.81. The first kappa shape index (κ1) is 25.2. The molecule has 2 aromatic carbocycles. The third-order valence-corrected chi connectivity index (χ3v) is 8.35. The average Bonchev–Trinajstić information content (AvgIpc) is 3.02. The highest BCUT2D eigenvalue weighted by Gasteiger charge is 2.42. The number of morpholine rings is 1. The number of likely N-dealkylation sites (tertiary alicyclic amines) is 1. The van der Waals surface area contributed by atoms with Gasteiger partial charge in [0.2, 0.25) is 5.91 Å². The highest BCUT2D eigenvalue weighted by atomic mass is 16.5. The molecule has 0 aliphatic carbocycles. The lowest BCUT2D eigenvalue weighted by atomic mass is 9.81. The van der Waals surface area contributed by atoms with E-state index < -0.39 is 0 Å². The van der Waals surface area contributed by atoms with Crippen molar-refractivity contribution in [3.05, 3.63) is 78.4 Å². The number of carbonyl (C=O) groups excluding carboxylic acids is 1. The number of piperidine rings is 2. The van der Waals surface area contributed by atoms with Gasteiger partial charge in [-0.1, -0.05) is 60.7 Å². The van der Waals surface area contributed by atoms with Crippen LogP contribution in [-0.2, 0) is 9.53 Å². The van der Waals surface area contributed by atoms with Crippen molar-refractivity contribution in [2.45, 2.75) is 37.8 Å². The maximum Gasteiger partial charge on any atom is 0.227 e. The molecule has 0 saturated carbocycles. The fourth-order valence-electron chi connectivity index (χ4n) is 6.44. The smallest absolute Gasteiger partial charge is 0.227 e. The molecule has 197 valence electrons. The van der Waals surface area contributed by atoms with Crippen molar-refractivity contribution >= 4 is 5.91 Å². The van der Waals surface area contributed by atoms with Gasteiger partial charge in [-0.15, -0.1) is 0 Å². The van der Waals surface area contributed by atoms with Crippen LogP contribution >= 0.6 is 0 Å². The molecule has 3 aliphatic heterocycles. The second-order valence-electron chi connectivity index (χ2n) is 10.7. The summed E-state index contributed by atoms with van der Waals surface area (Å²) in [7, 11) is 0. The van der Waals surface area contributed by atoms with Crippen molar-refractivity contribution in [3.63, 3.8) is 0 Å². The van der Waals surface area contributed by atoms with E-state index in [9.17, 15) is 4.79 Å². The Labute approximate surface area is 226 Å². The zero-order chi connectivity index (χ0) is 25.7. The fourth-order valence-corrected chi connectivity index (χ4v) is 6.44. The number of amides is 1. The van der Waals surface area contributed by atoms with Crippen molar-refractivity contribution in [2.75, 3.05) is 45.9 Å². The largest absolute Gasteiger partial charge is 0.378 e. The van der Waals surface area contributed by atoms with Crippen LogP contribution in [0.3, 0.4) is 0 Å². The number of rotatable bonds is 5. The lowest BCUT2D eigenvalue weighted by molar-refractivity contribution is -0.145. The maximum atomic E-state index is 14.1. The molecule has 6 rings (SSSR count). The van der Waals surface area contributed by atoms with Gasteiger partial charge in [0.25, 0.3) is 0 Å². The van der Waals surface area contributed by atoms with Crippen molar-refractivity contribution in [1.82, 2.24) is 20.1 Å². The molecule has 0 spiro atoms. The molecule has 0 N–H and O–H groups in total. The van der Waals surface area contributed by atoms with Crippen LogP contribution in [0.2, 0.25) is 0 Å². The molecule has 3 aliphatic rings. The van der Waals surface area contributed by atoms with Gasteiger partial charge in [-0.2, -0.15) is 0 Å². The van der Waals surface area contributed by atoms with Gasteiger partial charge in [0.15, 0.2) is 0 Å². The summed E-state index contributed by atoms with van der Waals surface area (Å²) < 4.78 is 5.57. The first-order valence-electron chi connectivity index (χ1n) is 14.2. The fraction of sp³-hybridized carbons (Fsp3) is 0.438. The molecule has 38 heavy (non-hydrogen) atoms. The van der Waals surface area contributed by atoms with Crippen LogP contribution in [0.25, 0.3) is 22.5 Å². The SMILES string of the molecule is O=C([C@@H]1CCCN(C2CC[N]CC2)C1c1cc(-c2ccccc2)nc(-c2ccccc2)c1)N1CCOCC1. The summed E-state index contributed by atoms with van der Waals surface area (Å²) >= 11 is 0. The highest BCUT2D eigenvalue weighted by Crippen LogP contribution is 2.42. The van der Waals surface area contributed by atoms with Gasteiger partial charge >= 0.3 is 0 Å². The molecule has 1 aromatic heterocycles. The van der Waals surface area contributed by atoms with Crippen LogP contribution in [0.5, 0.6) is 0 Å². The molecule has 1 radical (unpaired) electrons. The second kappa shape index (κ2) is 11.8. The van der Waals surface area contributed by atoms with Gasteiger partial charge in [0, 0.05) is 49.4 Å². The third-order valence-electron chi connectivity index (χ3n) is 8.35. The van der Waals surface area contributed by atoms with Gasteiger partial charge in [-0.25, -0.2) is 10.3 Å². The molecular weight excluding hydrogens is 472 g/mol. The molecule has 3 saturated heterocycles. The first-order valence-corrected chi connectivity index (χ1v) is 14.2. The minimum absolute atomic E-state index is 0.0233. The highest BCUT2D eigenvalue weighted by molar-refractivity contribution is 5.80. The molecule has 1 unspecified atom stereocenters. The Morgan fingerprint density at radius 1 is 0.789 bits per heavy atom. The van der Waals surface area contributed by atoms with Crippen LogP contribution < -0.4 is 5.32 Å². The van der Waals surface area contributed by atoms with Crippen LogP contribution in [0.4, 0.5) is 0 Å². The molecule has 3 fully saturated rings. The summed E-state index contributed by atoms with van der Waals surface area (Å²) in [4.78, 5) is 23.9. The summed E-state index contributed by atoms with van der Waals surface area (Å²) in [5.41, 5.74) is 5.32. The van der Waals surface area contributed by atoms with E-state index in [0.717, 1.165) is 67.8 Å². The Morgan fingerprint density at radius 3 is 2.00 bits per heavy atom. The number of carbonyl (C=O) groups is 1. The van der Waals surface area contributed by atoms with E-state index in [1.165, 1.54) is 5.56 Å². The Hall–Kier alpha value is -3.06. The number of hydrogen-bond donors (Lipinski definition) is 0. The van der Waals surface area contributed by atoms with Gasteiger partial charge in [-0.3, -0.25) is 9.69 Å². The van der Waals surface area contributed by atoms with Crippen LogP contribution in [0.1, 0.15) is 37.3 Å². The predicted molar refractivity (Wildman–Crippen MR) is 150 cm³/mol. The first-order chi connectivity index (χ1) is 18.8. The van der Waals surface area contributed by atoms with Gasteiger partial charge < -0.3 is 9.64 Å². The van der Waals surface area contributed by atoms with Crippen LogP contribution in [-0.4, -0.2) is 72.7 Å². The zero-order valence-corrected chi connectivity index (χ0v) is 22.0. The number of aromatic nitrogens is 1. The minimum Gasteiger partial charge on any atom is -0.378 e. The third kappa shape index (κ3) is 5.39. The van der Waals surface area contributed by atoms with Crippen LogP contribution in [0.15, 0.2) is 72.8 Å². The van der Waals surface area contributed by atoms with Crippen molar-refractivity contribution in [2.24, 2.45) is 5.92 Å². The molecular formula is C32H37N4O2. The zero-order valence-electron chi connectivity index (χ0n) is 22.0. The number of nitrogens with zero attached hydrogens (tertiary/aromatic N) is 4. The maximum absolute atomic E-state index is 14.1. The average molecular weight is 510 g/mol. The van der Waals surface area contributed by atoms with E-state index >= 15 is 0 Å². The topological polar surface area (TPSA) is 59.8 Å². The van der Waals surface area contributed by atoms with Crippen molar-refractivity contribution in [1.29, 1.82) is 0 Å². The molecule has 6 nitrogen and oxygen atoms in total. The lowest BCUT2D eigenvalue weighted by Gasteiger charge is -2.47. The van der Waals surface area contributed by atoms with E-state index in [1.54, 1.807) is 0 Å². The quantitative estimate of drug-likeness (QED) is 0.496. The summed E-state index contributed by atoms with van der Waals surface area (Å²) in [5.74, 6) is 0.207.